The summed E-state index contributed by atoms with van der Waals surface area (Å²) in [4.78, 5) is 0. The van der Waals surface area contributed by atoms with Crippen molar-refractivity contribution in [2.24, 2.45) is 5.92 Å². The van der Waals surface area contributed by atoms with Crippen LogP contribution in [0.5, 0.6) is 0 Å². The number of ether oxygens (including phenoxy) is 2. The third-order valence-corrected chi connectivity index (χ3v) is 3.28. The summed E-state index contributed by atoms with van der Waals surface area (Å²) in [7, 11) is 0. The van der Waals surface area contributed by atoms with E-state index in [-0.39, 0.29) is 6.29 Å². The van der Waals surface area contributed by atoms with Gasteiger partial charge in [0.2, 0.25) is 0 Å². The maximum absolute atomic E-state index is 9.00. The zero-order valence-electron chi connectivity index (χ0n) is 8.65. The van der Waals surface area contributed by atoms with Gasteiger partial charge >= 0.3 is 0 Å². The van der Waals surface area contributed by atoms with Gasteiger partial charge in [-0.05, 0) is 38.0 Å². The van der Waals surface area contributed by atoms with Crippen LogP contribution in [-0.2, 0) is 9.47 Å². The molecule has 1 N–H and O–H groups in total. The van der Waals surface area contributed by atoms with Crippen molar-refractivity contribution in [2.75, 3.05) is 13.2 Å². The molecule has 2 fully saturated rings. The fourth-order valence-electron chi connectivity index (χ4n) is 2.32. The average Bonchev–Trinajstić information content (AvgIpc) is 2.72. The van der Waals surface area contributed by atoms with E-state index in [1.165, 1.54) is 0 Å². The van der Waals surface area contributed by atoms with Crippen molar-refractivity contribution in [3.8, 4) is 0 Å². The van der Waals surface area contributed by atoms with Crippen molar-refractivity contribution in [3.05, 3.63) is 0 Å². The number of hydrogen-bond donors (Lipinski definition) is 1. The molecule has 1 saturated heterocycles. The van der Waals surface area contributed by atoms with E-state index in [1.807, 2.05) is 0 Å². The van der Waals surface area contributed by atoms with E-state index in [1.54, 1.807) is 0 Å². The summed E-state index contributed by atoms with van der Waals surface area (Å²) in [6.07, 6.45) is 7.01. The van der Waals surface area contributed by atoms with Gasteiger partial charge in [0.15, 0.2) is 6.29 Å². The molecule has 1 aliphatic heterocycles. The first-order valence-corrected chi connectivity index (χ1v) is 5.76. The number of aliphatic hydroxyl groups is 1. The van der Waals surface area contributed by atoms with Crippen LogP contribution in [0.4, 0.5) is 0 Å². The highest BCUT2D eigenvalue weighted by molar-refractivity contribution is 4.73. The first kappa shape index (κ1) is 10.4. The van der Waals surface area contributed by atoms with Crippen LogP contribution in [0.2, 0.25) is 0 Å². The van der Waals surface area contributed by atoms with Crippen LogP contribution in [0.15, 0.2) is 0 Å². The number of rotatable bonds is 3. The van der Waals surface area contributed by atoms with Gasteiger partial charge < -0.3 is 14.6 Å². The molecule has 1 heterocycles. The topological polar surface area (TPSA) is 38.7 Å². The van der Waals surface area contributed by atoms with Crippen LogP contribution in [0, 0.1) is 5.92 Å². The quantitative estimate of drug-likeness (QED) is 0.753. The van der Waals surface area contributed by atoms with Crippen LogP contribution in [0.25, 0.3) is 0 Å². The number of hydrogen-bond acceptors (Lipinski definition) is 3. The lowest BCUT2D eigenvalue weighted by Gasteiger charge is -2.29. The minimum Gasteiger partial charge on any atom is -0.396 e. The average molecular weight is 200 g/mol. The second kappa shape index (κ2) is 5.10. The van der Waals surface area contributed by atoms with Crippen molar-refractivity contribution in [3.63, 3.8) is 0 Å². The molecule has 1 unspecified atom stereocenters. The summed E-state index contributed by atoms with van der Waals surface area (Å²) in [6, 6.07) is 0. The zero-order valence-corrected chi connectivity index (χ0v) is 8.65. The first-order chi connectivity index (χ1) is 6.88. The van der Waals surface area contributed by atoms with Gasteiger partial charge in [-0.3, -0.25) is 0 Å². The predicted octanol–water partition coefficient (Wildman–Crippen LogP) is 1.69. The van der Waals surface area contributed by atoms with Gasteiger partial charge in [-0.1, -0.05) is 0 Å². The Kier molecular flexibility index (Phi) is 3.79. The Labute approximate surface area is 85.4 Å². The molecular weight excluding hydrogens is 180 g/mol. The lowest BCUT2D eigenvalue weighted by molar-refractivity contribution is -0.153. The van der Waals surface area contributed by atoms with Crippen molar-refractivity contribution < 1.29 is 14.6 Å². The van der Waals surface area contributed by atoms with E-state index < -0.39 is 0 Å². The Hall–Kier alpha value is -0.120. The highest BCUT2D eigenvalue weighted by Gasteiger charge is 2.25. The second-order valence-electron chi connectivity index (χ2n) is 4.40. The van der Waals surface area contributed by atoms with Gasteiger partial charge in [0.25, 0.3) is 0 Å². The van der Waals surface area contributed by atoms with Crippen LogP contribution in [0.1, 0.15) is 38.5 Å². The Balaban J connectivity index is 1.67. The van der Waals surface area contributed by atoms with E-state index in [9.17, 15) is 0 Å². The second-order valence-corrected chi connectivity index (χ2v) is 4.40. The van der Waals surface area contributed by atoms with Gasteiger partial charge in [0.1, 0.15) is 0 Å². The van der Waals surface area contributed by atoms with Crippen LogP contribution < -0.4 is 0 Å². The summed E-state index contributed by atoms with van der Waals surface area (Å²) < 4.78 is 11.3. The molecule has 0 radical (unpaired) electrons. The third-order valence-electron chi connectivity index (χ3n) is 3.28. The molecule has 0 aromatic carbocycles. The van der Waals surface area contributed by atoms with E-state index in [0.717, 1.165) is 45.1 Å². The molecule has 3 nitrogen and oxygen atoms in total. The molecule has 0 spiro atoms. The molecule has 2 aliphatic rings. The van der Waals surface area contributed by atoms with Crippen LogP contribution in [-0.4, -0.2) is 30.7 Å². The lowest BCUT2D eigenvalue weighted by Crippen LogP contribution is -2.27. The molecule has 0 bridgehead atoms. The van der Waals surface area contributed by atoms with Crippen molar-refractivity contribution in [1.29, 1.82) is 0 Å². The maximum atomic E-state index is 9.00. The monoisotopic (exact) mass is 200 g/mol. The van der Waals surface area contributed by atoms with Gasteiger partial charge in [0.05, 0.1) is 6.10 Å². The largest absolute Gasteiger partial charge is 0.396 e. The van der Waals surface area contributed by atoms with E-state index in [2.05, 4.69) is 0 Å². The fraction of sp³-hybridized carbons (Fsp3) is 1.00. The molecule has 82 valence electrons. The standard InChI is InChI=1S/C11H20O3/c12-8-9-3-5-10(6-4-9)14-11-2-1-7-13-11/h9-12H,1-8H2. The summed E-state index contributed by atoms with van der Waals surface area (Å²) >= 11 is 0. The molecule has 3 heteroatoms. The predicted molar refractivity (Wildman–Crippen MR) is 52.9 cm³/mol. The smallest absolute Gasteiger partial charge is 0.158 e. The Morgan fingerprint density at radius 3 is 2.50 bits per heavy atom. The lowest BCUT2D eigenvalue weighted by atomic mass is 9.88. The molecule has 0 amide bonds. The third kappa shape index (κ3) is 2.69. The minimum absolute atomic E-state index is 0.0608. The van der Waals surface area contributed by atoms with Crippen molar-refractivity contribution >= 4 is 0 Å². The molecule has 2 rings (SSSR count). The SMILES string of the molecule is OCC1CCC(OC2CCCO2)CC1. The van der Waals surface area contributed by atoms with Crippen LogP contribution in [0.3, 0.4) is 0 Å². The molecule has 1 saturated carbocycles. The van der Waals surface area contributed by atoms with Crippen molar-refractivity contribution in [2.45, 2.75) is 50.9 Å². The molecule has 14 heavy (non-hydrogen) atoms. The zero-order chi connectivity index (χ0) is 9.80. The normalized spacial score (nSPS) is 38.8. The van der Waals surface area contributed by atoms with Gasteiger partial charge in [-0.25, -0.2) is 0 Å². The minimum atomic E-state index is 0.0608. The molecular formula is C11H20O3. The Bertz CT molecular complexity index is 158. The van der Waals surface area contributed by atoms with Crippen LogP contribution >= 0.6 is 0 Å². The van der Waals surface area contributed by atoms with Gasteiger partial charge in [0, 0.05) is 19.6 Å². The fourth-order valence-corrected chi connectivity index (χ4v) is 2.32. The van der Waals surface area contributed by atoms with E-state index in [0.29, 0.717) is 18.6 Å². The highest BCUT2D eigenvalue weighted by Crippen LogP contribution is 2.28. The van der Waals surface area contributed by atoms with E-state index in [4.69, 9.17) is 14.6 Å². The summed E-state index contributed by atoms with van der Waals surface area (Å²) in [5, 5.41) is 9.00. The Morgan fingerprint density at radius 2 is 1.93 bits per heavy atom. The van der Waals surface area contributed by atoms with E-state index >= 15 is 0 Å². The summed E-state index contributed by atoms with van der Waals surface area (Å²) in [5.41, 5.74) is 0. The molecule has 0 aromatic rings. The van der Waals surface area contributed by atoms with Crippen molar-refractivity contribution in [1.82, 2.24) is 0 Å². The molecule has 0 aromatic heterocycles. The Morgan fingerprint density at radius 1 is 1.14 bits per heavy atom. The number of aliphatic hydroxyl groups excluding tert-OH is 1. The molecule has 1 atom stereocenters. The summed E-state index contributed by atoms with van der Waals surface area (Å²) in [5.74, 6) is 0.513. The van der Waals surface area contributed by atoms with Gasteiger partial charge in [-0.15, -0.1) is 0 Å². The van der Waals surface area contributed by atoms with Gasteiger partial charge in [-0.2, -0.15) is 0 Å². The summed E-state index contributed by atoms with van der Waals surface area (Å²) in [6.45, 7) is 1.20. The molecule has 1 aliphatic carbocycles. The maximum Gasteiger partial charge on any atom is 0.158 e. The highest BCUT2D eigenvalue weighted by atomic mass is 16.7. The first-order valence-electron chi connectivity index (χ1n) is 5.76.